The zero-order valence-electron chi connectivity index (χ0n) is 28.3. The molecule has 23 nitrogen and oxygen atoms in total. The molecule has 0 bridgehead atoms. The second-order valence-corrected chi connectivity index (χ2v) is 13.0. The zero-order valence-corrected chi connectivity index (χ0v) is 28.3. The van der Waals surface area contributed by atoms with Crippen LogP contribution in [0, 0.1) is 0 Å². The summed E-state index contributed by atoms with van der Waals surface area (Å²) in [5.41, 5.74) is -6.55. The zero-order chi connectivity index (χ0) is 43.5. The van der Waals surface area contributed by atoms with Crippen LogP contribution >= 0.6 is 0 Å². The van der Waals surface area contributed by atoms with E-state index < -0.39 is 203 Å². The number of aromatic amines is 1. The Morgan fingerprint density at radius 2 is 0.390 bits per heavy atom. The van der Waals surface area contributed by atoms with Gasteiger partial charge in [0.1, 0.15) is 5.75 Å². The topological polar surface area (TPSA) is 461 Å². The summed E-state index contributed by atoms with van der Waals surface area (Å²) in [6.07, 6.45) is 0. The number of benzene rings is 7. The molecule has 0 saturated carbocycles. The summed E-state index contributed by atoms with van der Waals surface area (Å²) in [4.78, 5) is 2.36. The van der Waals surface area contributed by atoms with E-state index in [1.165, 1.54) is 0 Å². The molecule has 304 valence electrons. The third kappa shape index (κ3) is 4.02. The minimum Gasteiger partial charge on any atom is -0.506 e. The Morgan fingerprint density at radius 1 is 0.153 bits per heavy atom. The molecule has 0 unspecified atom stereocenters. The van der Waals surface area contributed by atoms with Crippen LogP contribution in [0.4, 0.5) is 0 Å². The van der Waals surface area contributed by atoms with E-state index in [9.17, 15) is 112 Å². The number of phenolic OH excluding ortho intramolecular Hbond substituents is 22. The number of aromatic hydroxyl groups is 22. The van der Waals surface area contributed by atoms with Gasteiger partial charge in [-0.3, -0.25) is 0 Å². The second kappa shape index (κ2) is 11.2. The highest BCUT2D eigenvalue weighted by atomic mass is 16.4. The van der Waals surface area contributed by atoms with Crippen LogP contribution in [-0.4, -0.2) is 117 Å². The summed E-state index contributed by atoms with van der Waals surface area (Å²) < 4.78 is 0. The Bertz CT molecular complexity index is 3270. The van der Waals surface area contributed by atoms with Crippen LogP contribution in [0.3, 0.4) is 0 Å². The maximum atomic E-state index is 11.7. The Kier molecular flexibility index (Phi) is 6.94. The summed E-state index contributed by atoms with van der Waals surface area (Å²) in [7, 11) is 0. The van der Waals surface area contributed by atoms with Crippen molar-refractivity contribution in [3.63, 3.8) is 0 Å². The van der Waals surface area contributed by atoms with Crippen LogP contribution in [0.5, 0.6) is 126 Å². The molecule has 0 atom stereocenters. The van der Waals surface area contributed by atoms with Gasteiger partial charge in [0.25, 0.3) is 0 Å². The molecule has 1 heterocycles. The van der Waals surface area contributed by atoms with E-state index >= 15 is 0 Å². The van der Waals surface area contributed by atoms with Crippen molar-refractivity contribution in [3.05, 3.63) is 0 Å². The Balaban J connectivity index is 1.79. The van der Waals surface area contributed by atoms with E-state index in [0.717, 1.165) is 0 Å². The van der Waals surface area contributed by atoms with Crippen molar-refractivity contribution in [1.82, 2.24) is 4.98 Å². The van der Waals surface area contributed by atoms with Gasteiger partial charge in [0, 0.05) is 32.7 Å². The molecule has 0 aliphatic rings. The number of nitrogens with one attached hydrogen (secondary N) is 1. The van der Waals surface area contributed by atoms with E-state index in [1.807, 2.05) is 0 Å². The Morgan fingerprint density at radius 3 is 0.780 bits per heavy atom. The lowest BCUT2D eigenvalue weighted by Crippen LogP contribution is -1.97. The number of hydrogen-bond acceptors (Lipinski definition) is 22. The summed E-state index contributed by atoms with van der Waals surface area (Å²) in [5, 5.41) is 232. The van der Waals surface area contributed by atoms with Gasteiger partial charge in [0.05, 0.1) is 43.7 Å². The first-order valence-corrected chi connectivity index (χ1v) is 15.9. The molecule has 0 saturated heterocycles. The molecule has 23 heteroatoms. The third-order valence-electron chi connectivity index (χ3n) is 10.2. The minimum atomic E-state index is -1.66. The maximum absolute atomic E-state index is 11.7. The fourth-order valence-corrected chi connectivity index (χ4v) is 7.50. The smallest absolute Gasteiger partial charge is 0.206 e. The van der Waals surface area contributed by atoms with Gasteiger partial charge < -0.3 is 117 Å². The first kappa shape index (κ1) is 36.7. The molecular formula is C36H23NO22. The Labute approximate surface area is 320 Å². The SMILES string of the molecule is Oc1c(O)c(O)c2c([nH]c3c(-c4c5c(O)c(O)c(O)c(O)c5c(-c5c(O)c(O)c6c(O)c(O)c(O)c(O)c6c5O)c5c(O)c(O)c(O)c(O)c45)c(O)c(O)c(O)c32)c1O. The van der Waals surface area contributed by atoms with Gasteiger partial charge in [-0.25, -0.2) is 0 Å². The Hall–Kier alpha value is -9.28. The summed E-state index contributed by atoms with van der Waals surface area (Å²) in [6.45, 7) is 0. The summed E-state index contributed by atoms with van der Waals surface area (Å²) in [6, 6.07) is 0. The van der Waals surface area contributed by atoms with Crippen molar-refractivity contribution < 1.29 is 112 Å². The lowest BCUT2D eigenvalue weighted by molar-refractivity contribution is 0.347. The molecular weight excluding hydrogens is 798 g/mol. The van der Waals surface area contributed by atoms with Crippen LogP contribution < -0.4 is 0 Å². The van der Waals surface area contributed by atoms with Crippen molar-refractivity contribution in [3.8, 4) is 149 Å². The molecule has 0 aliphatic heterocycles. The van der Waals surface area contributed by atoms with E-state index in [-0.39, 0.29) is 0 Å². The molecule has 0 fully saturated rings. The molecule has 8 aromatic rings. The van der Waals surface area contributed by atoms with E-state index in [4.69, 9.17) is 0 Å². The van der Waals surface area contributed by atoms with E-state index in [2.05, 4.69) is 4.98 Å². The number of rotatable bonds is 2. The van der Waals surface area contributed by atoms with Gasteiger partial charge in [-0.05, 0) is 0 Å². The van der Waals surface area contributed by atoms with Gasteiger partial charge >= 0.3 is 0 Å². The summed E-state index contributed by atoms with van der Waals surface area (Å²) >= 11 is 0. The van der Waals surface area contributed by atoms with Crippen LogP contribution in [-0.2, 0) is 0 Å². The van der Waals surface area contributed by atoms with Gasteiger partial charge in [0.2, 0.25) is 51.7 Å². The summed E-state index contributed by atoms with van der Waals surface area (Å²) in [5.74, 6) is -33.7. The van der Waals surface area contributed by atoms with Gasteiger partial charge in [0.15, 0.2) is 69.0 Å². The van der Waals surface area contributed by atoms with Crippen LogP contribution in [0.1, 0.15) is 0 Å². The monoisotopic (exact) mass is 821 g/mol. The number of hydrogen-bond donors (Lipinski definition) is 23. The molecule has 0 amide bonds. The van der Waals surface area contributed by atoms with Crippen molar-refractivity contribution in [2.24, 2.45) is 0 Å². The van der Waals surface area contributed by atoms with Crippen molar-refractivity contribution >= 4 is 54.1 Å². The highest BCUT2D eigenvalue weighted by Gasteiger charge is 2.39. The molecule has 8 rings (SSSR count). The number of aromatic nitrogens is 1. The van der Waals surface area contributed by atoms with Crippen molar-refractivity contribution in [1.29, 1.82) is 0 Å². The van der Waals surface area contributed by atoms with Gasteiger partial charge in [-0.1, -0.05) is 0 Å². The first-order chi connectivity index (χ1) is 27.5. The molecule has 59 heavy (non-hydrogen) atoms. The molecule has 23 N–H and O–H groups in total. The average Bonchev–Trinajstić information content (AvgIpc) is 3.61. The molecule has 0 radical (unpaired) electrons. The van der Waals surface area contributed by atoms with Crippen molar-refractivity contribution in [2.75, 3.05) is 0 Å². The van der Waals surface area contributed by atoms with Crippen molar-refractivity contribution in [2.45, 2.75) is 0 Å². The highest BCUT2D eigenvalue weighted by Crippen LogP contribution is 2.68. The number of H-pyrrole nitrogens is 1. The standard InChI is InChI=1S/C36H23NO22/c38-15-10(23(46)24(47)12-11(15)25(48)34(57)35(58)26(12)49)2-5-3(16(39)29(52)31(54)18(5)41)1(4-6(2)19(42)32(55)30(53)17(4)40)7-13-8(21(44)28(51)20(7)43)9-14(37-13)27(50)36(59)33(56)22(9)45/h37-59H. The molecule has 0 spiro atoms. The fraction of sp³-hybridized carbons (Fsp3) is 0. The lowest BCUT2D eigenvalue weighted by atomic mass is 9.81. The normalized spacial score (nSPS) is 11.9. The van der Waals surface area contributed by atoms with E-state index in [1.54, 1.807) is 0 Å². The molecule has 7 aromatic carbocycles. The number of phenols is 22. The molecule has 0 aliphatic carbocycles. The number of fused-ring (bicyclic) bond motifs is 6. The quantitative estimate of drug-likeness (QED) is 0.0672. The minimum absolute atomic E-state index is 0.779. The average molecular weight is 822 g/mol. The molecule has 1 aromatic heterocycles. The van der Waals surface area contributed by atoms with E-state index in [0.29, 0.717) is 0 Å². The maximum Gasteiger partial charge on any atom is 0.206 e. The lowest BCUT2D eigenvalue weighted by Gasteiger charge is -2.24. The largest absolute Gasteiger partial charge is 0.506 e. The predicted molar refractivity (Wildman–Crippen MR) is 196 cm³/mol. The first-order valence-electron chi connectivity index (χ1n) is 15.9. The fourth-order valence-electron chi connectivity index (χ4n) is 7.50. The third-order valence-corrected chi connectivity index (χ3v) is 10.2. The second-order valence-electron chi connectivity index (χ2n) is 13.0. The van der Waals surface area contributed by atoms with Crippen LogP contribution in [0.2, 0.25) is 0 Å². The highest BCUT2D eigenvalue weighted by molar-refractivity contribution is 6.33. The van der Waals surface area contributed by atoms with Crippen LogP contribution in [0.15, 0.2) is 0 Å². The predicted octanol–water partition coefficient (Wildman–Crippen LogP) is 3.64. The van der Waals surface area contributed by atoms with Gasteiger partial charge in [-0.15, -0.1) is 0 Å². The van der Waals surface area contributed by atoms with Crippen LogP contribution in [0.25, 0.3) is 76.4 Å². The van der Waals surface area contributed by atoms with Gasteiger partial charge in [-0.2, -0.15) is 0 Å².